The maximum absolute atomic E-state index is 3.48. The molecule has 1 saturated heterocycles. The van der Waals surface area contributed by atoms with Gasteiger partial charge >= 0.3 is 0 Å². The molecule has 12 heavy (non-hydrogen) atoms. The van der Waals surface area contributed by atoms with Crippen molar-refractivity contribution in [3.8, 4) is 0 Å². The molecule has 0 radical (unpaired) electrons. The summed E-state index contributed by atoms with van der Waals surface area (Å²) >= 11 is 3.48. The van der Waals surface area contributed by atoms with Gasteiger partial charge in [0.1, 0.15) is 0 Å². The van der Waals surface area contributed by atoms with E-state index in [0.29, 0.717) is 5.54 Å². The fourth-order valence-electron chi connectivity index (χ4n) is 2.07. The van der Waals surface area contributed by atoms with Crippen molar-refractivity contribution >= 4 is 15.9 Å². The van der Waals surface area contributed by atoms with Gasteiger partial charge in [0.25, 0.3) is 0 Å². The van der Waals surface area contributed by atoms with Crippen LogP contribution in [0.5, 0.6) is 0 Å². The third-order valence-electron chi connectivity index (χ3n) is 3.23. The molecule has 1 atom stereocenters. The predicted molar refractivity (Wildman–Crippen MR) is 57.9 cm³/mol. The van der Waals surface area contributed by atoms with E-state index in [4.69, 9.17) is 0 Å². The third-order valence-corrected chi connectivity index (χ3v) is 3.79. The standard InChI is InChI=1S/C10H20BrN/c1-10(6-3-4-8-11)7-5-9-12(10)2/h3-9H2,1-2H3. The Balaban J connectivity index is 2.27. The normalized spacial score (nSPS) is 31.2. The molecular weight excluding hydrogens is 214 g/mol. The van der Waals surface area contributed by atoms with Crippen LogP contribution in [-0.2, 0) is 0 Å². The number of halogens is 1. The number of likely N-dealkylation sites (tertiary alicyclic amines) is 1. The highest BCUT2D eigenvalue weighted by atomic mass is 79.9. The maximum atomic E-state index is 3.48. The van der Waals surface area contributed by atoms with E-state index in [9.17, 15) is 0 Å². The lowest BCUT2D eigenvalue weighted by Gasteiger charge is -2.32. The van der Waals surface area contributed by atoms with Crippen molar-refractivity contribution in [3.05, 3.63) is 0 Å². The highest BCUT2D eigenvalue weighted by Gasteiger charge is 2.32. The van der Waals surface area contributed by atoms with Crippen molar-refractivity contribution in [2.45, 2.75) is 44.6 Å². The molecule has 0 aromatic rings. The van der Waals surface area contributed by atoms with Crippen LogP contribution < -0.4 is 0 Å². The van der Waals surface area contributed by atoms with E-state index in [1.165, 1.54) is 38.6 Å². The molecule has 0 aromatic heterocycles. The molecule has 1 heterocycles. The number of unbranched alkanes of at least 4 members (excludes halogenated alkanes) is 1. The summed E-state index contributed by atoms with van der Waals surface area (Å²) in [5, 5.41) is 1.16. The third kappa shape index (κ3) is 2.46. The Morgan fingerprint density at radius 1 is 1.42 bits per heavy atom. The summed E-state index contributed by atoms with van der Waals surface area (Å²) in [5.74, 6) is 0. The van der Waals surface area contributed by atoms with Gasteiger partial charge in [-0.1, -0.05) is 22.4 Å². The second kappa shape index (κ2) is 4.61. The van der Waals surface area contributed by atoms with Crippen LogP contribution in [0.25, 0.3) is 0 Å². The summed E-state index contributed by atoms with van der Waals surface area (Å²) in [6.45, 7) is 3.71. The van der Waals surface area contributed by atoms with Crippen molar-refractivity contribution in [2.75, 3.05) is 18.9 Å². The number of alkyl halides is 1. The van der Waals surface area contributed by atoms with Gasteiger partial charge in [-0.3, -0.25) is 0 Å². The Bertz CT molecular complexity index is 138. The van der Waals surface area contributed by atoms with Crippen LogP contribution in [-0.4, -0.2) is 29.4 Å². The number of rotatable bonds is 4. The van der Waals surface area contributed by atoms with Crippen LogP contribution in [0, 0.1) is 0 Å². The Morgan fingerprint density at radius 3 is 2.67 bits per heavy atom. The molecule has 0 bridgehead atoms. The van der Waals surface area contributed by atoms with Crippen molar-refractivity contribution in [1.82, 2.24) is 4.90 Å². The highest BCUT2D eigenvalue weighted by molar-refractivity contribution is 9.09. The average molecular weight is 234 g/mol. The summed E-state index contributed by atoms with van der Waals surface area (Å²) in [6, 6.07) is 0. The SMILES string of the molecule is CN1CCCC1(C)CCCCBr. The van der Waals surface area contributed by atoms with E-state index in [1.807, 2.05) is 0 Å². The van der Waals surface area contributed by atoms with Crippen molar-refractivity contribution in [2.24, 2.45) is 0 Å². The fourth-order valence-corrected chi connectivity index (χ4v) is 2.47. The minimum Gasteiger partial charge on any atom is -0.301 e. The lowest BCUT2D eigenvalue weighted by atomic mass is 9.92. The van der Waals surface area contributed by atoms with Gasteiger partial charge in [-0.15, -0.1) is 0 Å². The largest absolute Gasteiger partial charge is 0.301 e. The van der Waals surface area contributed by atoms with Crippen LogP contribution in [0.2, 0.25) is 0 Å². The van der Waals surface area contributed by atoms with Crippen molar-refractivity contribution in [1.29, 1.82) is 0 Å². The molecule has 0 aliphatic carbocycles. The average Bonchev–Trinajstić information content (AvgIpc) is 2.34. The number of nitrogens with zero attached hydrogens (tertiary/aromatic N) is 1. The highest BCUT2D eigenvalue weighted by Crippen LogP contribution is 2.31. The van der Waals surface area contributed by atoms with Crippen LogP contribution in [0.15, 0.2) is 0 Å². The molecule has 1 unspecified atom stereocenters. The lowest BCUT2D eigenvalue weighted by Crippen LogP contribution is -2.37. The van der Waals surface area contributed by atoms with Gasteiger partial charge < -0.3 is 4.90 Å². The predicted octanol–water partition coefficient (Wildman–Crippen LogP) is 3.04. The van der Waals surface area contributed by atoms with Gasteiger partial charge in [0.05, 0.1) is 0 Å². The molecular formula is C10H20BrN. The lowest BCUT2D eigenvalue weighted by molar-refractivity contribution is 0.178. The minimum absolute atomic E-state index is 0.516. The van der Waals surface area contributed by atoms with Gasteiger partial charge in [-0.05, 0) is 46.2 Å². The van der Waals surface area contributed by atoms with Gasteiger partial charge in [-0.2, -0.15) is 0 Å². The maximum Gasteiger partial charge on any atom is 0.0178 e. The Kier molecular flexibility index (Phi) is 4.04. The zero-order valence-corrected chi connectivity index (χ0v) is 9.86. The van der Waals surface area contributed by atoms with E-state index in [-0.39, 0.29) is 0 Å². The van der Waals surface area contributed by atoms with Crippen molar-refractivity contribution < 1.29 is 0 Å². The van der Waals surface area contributed by atoms with E-state index in [1.54, 1.807) is 0 Å². The minimum atomic E-state index is 0.516. The fraction of sp³-hybridized carbons (Fsp3) is 1.00. The first-order valence-corrected chi connectivity index (χ1v) is 6.08. The first-order chi connectivity index (χ1) is 5.69. The quantitative estimate of drug-likeness (QED) is 0.533. The molecule has 72 valence electrons. The second-order valence-corrected chi connectivity index (χ2v) is 4.96. The van der Waals surface area contributed by atoms with Crippen LogP contribution in [0.3, 0.4) is 0 Å². The van der Waals surface area contributed by atoms with Crippen molar-refractivity contribution in [3.63, 3.8) is 0 Å². The van der Waals surface area contributed by atoms with Crippen LogP contribution in [0.1, 0.15) is 39.0 Å². The molecule has 1 nitrogen and oxygen atoms in total. The number of hydrogen-bond acceptors (Lipinski definition) is 1. The van der Waals surface area contributed by atoms with E-state index >= 15 is 0 Å². The topological polar surface area (TPSA) is 3.24 Å². The van der Waals surface area contributed by atoms with E-state index in [0.717, 1.165) is 5.33 Å². The smallest absolute Gasteiger partial charge is 0.0178 e. The molecule has 0 amide bonds. The van der Waals surface area contributed by atoms with E-state index < -0.39 is 0 Å². The molecule has 0 aromatic carbocycles. The zero-order valence-electron chi connectivity index (χ0n) is 8.27. The van der Waals surface area contributed by atoms with Crippen LogP contribution in [0.4, 0.5) is 0 Å². The van der Waals surface area contributed by atoms with E-state index in [2.05, 4.69) is 34.8 Å². The number of hydrogen-bond donors (Lipinski definition) is 0. The van der Waals surface area contributed by atoms with Crippen LogP contribution >= 0.6 is 15.9 Å². The molecule has 0 saturated carbocycles. The summed E-state index contributed by atoms with van der Waals surface area (Å²) < 4.78 is 0. The van der Waals surface area contributed by atoms with Gasteiger partial charge in [0.15, 0.2) is 0 Å². The molecule has 1 aliphatic rings. The molecule has 0 spiro atoms. The Hall–Kier alpha value is 0.440. The monoisotopic (exact) mass is 233 g/mol. The van der Waals surface area contributed by atoms with Gasteiger partial charge in [0, 0.05) is 10.9 Å². The Morgan fingerprint density at radius 2 is 2.17 bits per heavy atom. The van der Waals surface area contributed by atoms with Gasteiger partial charge in [-0.25, -0.2) is 0 Å². The molecule has 2 heteroatoms. The summed E-state index contributed by atoms with van der Waals surface area (Å²) in [4.78, 5) is 2.53. The molecule has 1 rings (SSSR count). The molecule has 0 N–H and O–H groups in total. The molecule has 1 aliphatic heterocycles. The zero-order chi connectivity index (χ0) is 9.03. The summed E-state index contributed by atoms with van der Waals surface area (Å²) in [6.07, 6.45) is 6.84. The summed E-state index contributed by atoms with van der Waals surface area (Å²) in [7, 11) is 2.27. The Labute approximate surface area is 84.6 Å². The second-order valence-electron chi connectivity index (χ2n) is 4.17. The summed E-state index contributed by atoms with van der Waals surface area (Å²) in [5.41, 5.74) is 0.516. The first-order valence-electron chi connectivity index (χ1n) is 4.96. The van der Waals surface area contributed by atoms with Gasteiger partial charge in [0.2, 0.25) is 0 Å². The first kappa shape index (κ1) is 10.5. The molecule has 1 fully saturated rings.